The van der Waals surface area contributed by atoms with Gasteiger partial charge in [0.1, 0.15) is 5.75 Å². The lowest BCUT2D eigenvalue weighted by molar-refractivity contribution is 0.505. The van der Waals surface area contributed by atoms with Gasteiger partial charge in [0.2, 0.25) is 0 Å². The zero-order valence-corrected chi connectivity index (χ0v) is 7.18. The summed E-state index contributed by atoms with van der Waals surface area (Å²) >= 11 is 3.22. The van der Waals surface area contributed by atoms with E-state index < -0.39 is 9.15 Å². The van der Waals surface area contributed by atoms with Gasteiger partial charge in [0, 0.05) is 0 Å². The molecule has 5 heteroatoms. The number of benzene rings is 1. The molecule has 0 bridgehead atoms. The van der Waals surface area contributed by atoms with Crippen molar-refractivity contribution in [3.05, 3.63) is 30.3 Å². The summed E-state index contributed by atoms with van der Waals surface area (Å²) in [5.74, 6) is 0.266. The van der Waals surface area contributed by atoms with Crippen molar-refractivity contribution >= 4 is 20.8 Å². The van der Waals surface area contributed by atoms with E-state index in [1.54, 1.807) is 18.2 Å². The molecule has 0 aliphatic heterocycles. The Hall–Kier alpha value is -0.680. The molecule has 11 heavy (non-hydrogen) atoms. The predicted molar refractivity (Wildman–Crippen MR) is 45.0 cm³/mol. The largest absolute Gasteiger partial charge is 0.375 e. The summed E-state index contributed by atoms with van der Waals surface area (Å²) in [7, 11) is -3.68. The van der Waals surface area contributed by atoms with Crippen molar-refractivity contribution in [1.82, 2.24) is 0 Å². The van der Waals surface area contributed by atoms with Crippen LogP contribution in [0.2, 0.25) is 0 Å². The predicted octanol–water partition coefficient (Wildman–Crippen LogP) is 1.24. The molecule has 1 rings (SSSR count). The first kappa shape index (κ1) is 8.42. The zero-order chi connectivity index (χ0) is 8.32. The van der Waals surface area contributed by atoms with E-state index in [4.69, 9.17) is 0 Å². The van der Waals surface area contributed by atoms with Crippen LogP contribution in [0.25, 0.3) is 0 Å². The van der Waals surface area contributed by atoms with E-state index in [1.807, 2.05) is 0 Å². The van der Waals surface area contributed by atoms with Gasteiger partial charge in [-0.3, -0.25) is 0 Å². The third-order valence-corrected chi connectivity index (χ3v) is 1.57. The quantitative estimate of drug-likeness (QED) is 0.563. The third-order valence-electron chi connectivity index (χ3n) is 0.945. The lowest BCUT2D eigenvalue weighted by Crippen LogP contribution is -1.99. The Balaban J connectivity index is 2.82. The summed E-state index contributed by atoms with van der Waals surface area (Å²) in [6.07, 6.45) is 0. The molecule has 60 valence electrons. The lowest BCUT2D eigenvalue weighted by Gasteiger charge is -1.98. The van der Waals surface area contributed by atoms with Crippen LogP contribution in [0.15, 0.2) is 30.3 Å². The van der Waals surface area contributed by atoms with Crippen LogP contribution in [0.5, 0.6) is 5.75 Å². The van der Waals surface area contributed by atoms with Crippen LogP contribution in [0.1, 0.15) is 0 Å². The van der Waals surface area contributed by atoms with Crippen LogP contribution in [-0.2, 0) is 9.15 Å². The number of hydrogen-bond donors (Lipinski definition) is 1. The summed E-state index contributed by atoms with van der Waals surface area (Å²) in [6.45, 7) is 0. The molecule has 1 aromatic rings. The topological polar surface area (TPSA) is 43.4 Å². The molecular weight excluding hydrogens is 184 g/mol. The standard InChI is InChI=1S/C6H6O3S2/c7-11(8,10)9-6-4-2-1-3-5-6/h1-5H,(H,7,8,10). The molecule has 1 aromatic carbocycles. The second kappa shape index (κ2) is 3.15. The molecule has 3 nitrogen and oxygen atoms in total. The minimum absolute atomic E-state index is 0.266. The van der Waals surface area contributed by atoms with Crippen molar-refractivity contribution in [2.75, 3.05) is 0 Å². The lowest BCUT2D eigenvalue weighted by atomic mass is 10.3. The first-order valence-electron chi connectivity index (χ1n) is 2.80. The second-order valence-corrected chi connectivity index (χ2v) is 4.19. The van der Waals surface area contributed by atoms with Crippen molar-refractivity contribution in [2.24, 2.45) is 0 Å². The molecule has 0 aliphatic rings. The van der Waals surface area contributed by atoms with Crippen LogP contribution in [0.4, 0.5) is 0 Å². The van der Waals surface area contributed by atoms with Crippen LogP contribution >= 0.6 is 11.7 Å². The third kappa shape index (κ3) is 3.29. The first-order chi connectivity index (χ1) is 5.08. The fourth-order valence-electron chi connectivity index (χ4n) is 0.598. The highest BCUT2D eigenvalue weighted by molar-refractivity contribution is 8.61. The molecule has 0 radical (unpaired) electrons. The van der Waals surface area contributed by atoms with Crippen LogP contribution in [0.3, 0.4) is 0 Å². The second-order valence-electron chi connectivity index (χ2n) is 1.82. The van der Waals surface area contributed by atoms with Gasteiger partial charge in [-0.05, 0) is 23.8 Å². The molecule has 0 saturated heterocycles. The summed E-state index contributed by atoms with van der Waals surface area (Å²) < 4.78 is 25.3. The van der Waals surface area contributed by atoms with E-state index >= 15 is 0 Å². The SMILES string of the molecule is O=S(=O)(S)Oc1ccccc1. The number of para-hydroxylation sites is 1. The van der Waals surface area contributed by atoms with E-state index in [2.05, 4.69) is 15.8 Å². The Bertz CT molecular complexity index is 317. The highest BCUT2D eigenvalue weighted by atomic mass is 33.1. The minimum Gasteiger partial charge on any atom is -0.375 e. The van der Waals surface area contributed by atoms with Crippen molar-refractivity contribution in [2.45, 2.75) is 0 Å². The maximum Gasteiger partial charge on any atom is 0.363 e. The number of rotatable bonds is 2. The van der Waals surface area contributed by atoms with Gasteiger partial charge in [0.05, 0.1) is 0 Å². The Morgan fingerprint density at radius 1 is 1.18 bits per heavy atom. The van der Waals surface area contributed by atoms with E-state index in [-0.39, 0.29) is 5.75 Å². The van der Waals surface area contributed by atoms with Gasteiger partial charge in [-0.25, -0.2) is 0 Å². The fraction of sp³-hybridized carbons (Fsp3) is 0. The summed E-state index contributed by atoms with van der Waals surface area (Å²) in [4.78, 5) is 0. The summed E-state index contributed by atoms with van der Waals surface area (Å²) in [6, 6.07) is 8.18. The molecular formula is C6H6O3S2. The smallest absolute Gasteiger partial charge is 0.363 e. The Morgan fingerprint density at radius 2 is 1.73 bits per heavy atom. The summed E-state index contributed by atoms with van der Waals surface area (Å²) in [5.41, 5.74) is 0. The molecule has 0 saturated carbocycles. The minimum atomic E-state index is -3.68. The Kier molecular flexibility index (Phi) is 2.41. The highest BCUT2D eigenvalue weighted by Crippen LogP contribution is 2.12. The number of thiol groups is 1. The normalized spacial score (nSPS) is 11.0. The van der Waals surface area contributed by atoms with Crippen molar-refractivity contribution in [3.63, 3.8) is 0 Å². The van der Waals surface area contributed by atoms with Crippen molar-refractivity contribution in [3.8, 4) is 5.75 Å². The van der Waals surface area contributed by atoms with Gasteiger partial charge in [-0.1, -0.05) is 18.2 Å². The zero-order valence-electron chi connectivity index (χ0n) is 5.47. The monoisotopic (exact) mass is 190 g/mol. The molecule has 0 heterocycles. The molecule has 0 spiro atoms. The van der Waals surface area contributed by atoms with E-state index in [9.17, 15) is 8.42 Å². The van der Waals surface area contributed by atoms with Crippen molar-refractivity contribution in [1.29, 1.82) is 0 Å². The molecule has 0 fully saturated rings. The molecule has 0 atom stereocenters. The average Bonchev–Trinajstić information content (AvgIpc) is 1.85. The highest BCUT2D eigenvalue weighted by Gasteiger charge is 2.02. The number of hydrogen-bond acceptors (Lipinski definition) is 3. The fourth-order valence-corrected chi connectivity index (χ4v) is 1.21. The maximum atomic E-state index is 10.4. The molecule has 0 aliphatic carbocycles. The molecule has 0 aromatic heterocycles. The van der Waals surface area contributed by atoms with E-state index in [1.165, 1.54) is 12.1 Å². The Labute approximate surface area is 69.9 Å². The van der Waals surface area contributed by atoms with Gasteiger partial charge in [-0.15, -0.1) is 0 Å². The van der Waals surface area contributed by atoms with Crippen LogP contribution < -0.4 is 4.18 Å². The van der Waals surface area contributed by atoms with E-state index in [0.29, 0.717) is 0 Å². The van der Waals surface area contributed by atoms with Gasteiger partial charge < -0.3 is 4.18 Å². The summed E-state index contributed by atoms with van der Waals surface area (Å²) in [5, 5.41) is 0. The van der Waals surface area contributed by atoms with Gasteiger partial charge >= 0.3 is 9.15 Å². The first-order valence-corrected chi connectivity index (χ1v) is 5.26. The molecule has 0 N–H and O–H groups in total. The van der Waals surface area contributed by atoms with Gasteiger partial charge in [-0.2, -0.15) is 8.42 Å². The van der Waals surface area contributed by atoms with Gasteiger partial charge in [0.15, 0.2) is 0 Å². The molecule has 0 amide bonds. The van der Waals surface area contributed by atoms with Crippen LogP contribution in [0, 0.1) is 0 Å². The average molecular weight is 190 g/mol. The molecule has 0 unspecified atom stereocenters. The maximum absolute atomic E-state index is 10.4. The van der Waals surface area contributed by atoms with Crippen LogP contribution in [-0.4, -0.2) is 8.42 Å². The van der Waals surface area contributed by atoms with Gasteiger partial charge in [0.25, 0.3) is 0 Å². The van der Waals surface area contributed by atoms with E-state index in [0.717, 1.165) is 0 Å². The Morgan fingerprint density at radius 3 is 2.18 bits per heavy atom. The van der Waals surface area contributed by atoms with Crippen molar-refractivity contribution < 1.29 is 12.6 Å².